The Morgan fingerprint density at radius 1 is 1.12 bits per heavy atom. The van der Waals surface area contributed by atoms with E-state index in [2.05, 4.69) is 20.3 Å². The van der Waals surface area contributed by atoms with Crippen LogP contribution in [0, 0.1) is 11.3 Å². The highest BCUT2D eigenvalue weighted by atomic mass is 32.2. The summed E-state index contributed by atoms with van der Waals surface area (Å²) in [6.45, 7) is 0.422. The Bertz CT molecular complexity index is 1490. The van der Waals surface area contributed by atoms with Gasteiger partial charge >= 0.3 is 0 Å². The van der Waals surface area contributed by atoms with E-state index < -0.39 is 5.91 Å². The number of hydrogen-bond donors (Lipinski definition) is 3. The van der Waals surface area contributed by atoms with Gasteiger partial charge in [-0.15, -0.1) is 0 Å². The first-order valence-electron chi connectivity index (χ1n) is 10.4. The maximum atomic E-state index is 12.5. The van der Waals surface area contributed by atoms with Crippen molar-refractivity contribution in [2.75, 3.05) is 6.54 Å². The number of aromatic nitrogens is 3. The van der Waals surface area contributed by atoms with Gasteiger partial charge in [0, 0.05) is 29.7 Å². The smallest absolute Gasteiger partial charge is 0.262 e. The Labute approximate surface area is 193 Å². The van der Waals surface area contributed by atoms with E-state index in [-0.39, 0.29) is 5.57 Å². The van der Waals surface area contributed by atoms with Gasteiger partial charge in [-0.25, -0.2) is 4.98 Å². The van der Waals surface area contributed by atoms with Crippen LogP contribution in [0.4, 0.5) is 0 Å². The molecule has 0 spiro atoms. The average Bonchev–Trinajstić information content (AvgIpc) is 3.56. The first-order chi connectivity index (χ1) is 16.2. The summed E-state index contributed by atoms with van der Waals surface area (Å²) >= 11 is 1.34. The molecule has 0 bridgehead atoms. The summed E-state index contributed by atoms with van der Waals surface area (Å²) in [5.41, 5.74) is 3.99. The lowest BCUT2D eigenvalue weighted by molar-refractivity contribution is -0.117. The highest BCUT2D eigenvalue weighted by Crippen LogP contribution is 2.29. The van der Waals surface area contributed by atoms with Crippen molar-refractivity contribution in [1.82, 2.24) is 20.3 Å². The van der Waals surface area contributed by atoms with Gasteiger partial charge in [0.25, 0.3) is 5.91 Å². The van der Waals surface area contributed by atoms with E-state index in [9.17, 15) is 10.1 Å². The molecule has 2 aromatic carbocycles. The van der Waals surface area contributed by atoms with Gasteiger partial charge in [-0.3, -0.25) is 4.79 Å². The third kappa shape index (κ3) is 4.54. The molecule has 3 N–H and O–H groups in total. The highest BCUT2D eigenvalue weighted by molar-refractivity contribution is 7.99. The molecular formula is C25H19N5O2S. The zero-order valence-electron chi connectivity index (χ0n) is 17.5. The summed E-state index contributed by atoms with van der Waals surface area (Å²) in [5.74, 6) is -0.00262. The first kappa shape index (κ1) is 20.7. The van der Waals surface area contributed by atoms with E-state index in [4.69, 9.17) is 4.42 Å². The number of amides is 1. The van der Waals surface area contributed by atoms with Gasteiger partial charge in [0.1, 0.15) is 17.4 Å². The molecule has 5 rings (SSSR count). The molecule has 0 fully saturated rings. The molecule has 0 unspecified atom stereocenters. The minimum absolute atomic E-state index is 0.0106. The maximum Gasteiger partial charge on any atom is 0.262 e. The average molecular weight is 454 g/mol. The standard InChI is InChI=1S/C25H19N5O2S/c26-14-17(24(31)27-12-11-16-15-28-20-6-2-1-5-19(16)20)13-18-9-10-23(32-18)33-25-29-21-7-3-4-8-22(21)30-25/h1-10,13,15,28H,11-12H2,(H,27,31)(H,29,30)/b17-13-. The van der Waals surface area contributed by atoms with Crippen LogP contribution in [0.3, 0.4) is 0 Å². The van der Waals surface area contributed by atoms with Crippen molar-refractivity contribution < 1.29 is 9.21 Å². The lowest BCUT2D eigenvalue weighted by atomic mass is 10.1. The molecule has 1 amide bonds. The summed E-state index contributed by atoms with van der Waals surface area (Å²) in [6, 6.07) is 21.3. The summed E-state index contributed by atoms with van der Waals surface area (Å²) in [7, 11) is 0. The van der Waals surface area contributed by atoms with Crippen molar-refractivity contribution in [3.05, 3.63) is 83.8 Å². The number of nitrogens with zero attached hydrogens (tertiary/aromatic N) is 2. The molecule has 0 aliphatic carbocycles. The summed E-state index contributed by atoms with van der Waals surface area (Å²) in [6.07, 6.45) is 4.05. The molecule has 162 valence electrons. The molecule has 0 atom stereocenters. The van der Waals surface area contributed by atoms with Gasteiger partial charge < -0.3 is 19.7 Å². The third-order valence-electron chi connectivity index (χ3n) is 5.17. The van der Waals surface area contributed by atoms with Gasteiger partial charge in [0.05, 0.1) is 11.0 Å². The van der Waals surface area contributed by atoms with Crippen LogP contribution in [0.5, 0.6) is 0 Å². The van der Waals surface area contributed by atoms with E-state index in [1.807, 2.05) is 60.8 Å². The van der Waals surface area contributed by atoms with Crippen LogP contribution in [0.1, 0.15) is 11.3 Å². The number of carbonyl (C=O) groups is 1. The quantitative estimate of drug-likeness (QED) is 0.236. The molecular weight excluding hydrogens is 434 g/mol. The minimum atomic E-state index is -0.430. The molecule has 33 heavy (non-hydrogen) atoms. The second-order valence-electron chi connectivity index (χ2n) is 7.35. The van der Waals surface area contributed by atoms with Crippen LogP contribution in [0.15, 0.2) is 87.1 Å². The topological polar surface area (TPSA) is 110 Å². The normalized spacial score (nSPS) is 11.7. The fraction of sp³-hybridized carbons (Fsp3) is 0.0800. The summed E-state index contributed by atoms with van der Waals surface area (Å²) in [4.78, 5) is 23.5. The number of rotatable bonds is 7. The monoisotopic (exact) mass is 453 g/mol. The predicted molar refractivity (Wildman–Crippen MR) is 128 cm³/mol. The first-order valence-corrected chi connectivity index (χ1v) is 11.2. The van der Waals surface area contributed by atoms with E-state index in [0.29, 0.717) is 29.0 Å². The molecule has 0 saturated carbocycles. The number of hydrogen-bond acceptors (Lipinski definition) is 5. The van der Waals surface area contributed by atoms with Crippen molar-refractivity contribution in [2.24, 2.45) is 0 Å². The van der Waals surface area contributed by atoms with Crippen LogP contribution < -0.4 is 5.32 Å². The Morgan fingerprint density at radius 2 is 1.94 bits per heavy atom. The second kappa shape index (κ2) is 9.10. The molecule has 7 nitrogen and oxygen atoms in total. The van der Waals surface area contributed by atoms with E-state index in [1.54, 1.807) is 12.1 Å². The fourth-order valence-corrected chi connectivity index (χ4v) is 4.34. The number of carbonyl (C=O) groups excluding carboxylic acids is 1. The summed E-state index contributed by atoms with van der Waals surface area (Å²) in [5, 5.41) is 14.7. The predicted octanol–water partition coefficient (Wildman–Crippen LogP) is 5.05. The van der Waals surface area contributed by atoms with E-state index in [1.165, 1.54) is 17.8 Å². The Hall–Kier alpha value is -4.22. The molecule has 0 aliphatic rings. The lowest BCUT2D eigenvalue weighted by Crippen LogP contribution is -2.26. The Balaban J connectivity index is 1.21. The van der Waals surface area contributed by atoms with Gasteiger partial charge in [0.15, 0.2) is 10.2 Å². The van der Waals surface area contributed by atoms with Gasteiger partial charge in [-0.1, -0.05) is 30.3 Å². The number of H-pyrrole nitrogens is 2. The van der Waals surface area contributed by atoms with Crippen LogP contribution in [0.2, 0.25) is 0 Å². The van der Waals surface area contributed by atoms with Gasteiger partial charge in [-0.05, 0) is 54.1 Å². The molecule has 0 radical (unpaired) electrons. The minimum Gasteiger partial charge on any atom is -0.450 e. The van der Waals surface area contributed by atoms with Crippen molar-refractivity contribution in [2.45, 2.75) is 16.7 Å². The van der Waals surface area contributed by atoms with Crippen molar-refractivity contribution in [3.8, 4) is 6.07 Å². The number of fused-ring (bicyclic) bond motifs is 2. The Kier molecular flexibility index (Phi) is 5.70. The number of furan rings is 1. The van der Waals surface area contributed by atoms with Gasteiger partial charge in [0.2, 0.25) is 0 Å². The fourth-order valence-electron chi connectivity index (χ4n) is 3.58. The van der Waals surface area contributed by atoms with Crippen LogP contribution in [-0.4, -0.2) is 27.4 Å². The molecule has 0 aliphatic heterocycles. The summed E-state index contributed by atoms with van der Waals surface area (Å²) < 4.78 is 5.77. The molecule has 3 aromatic heterocycles. The number of imidazole rings is 1. The van der Waals surface area contributed by atoms with Crippen LogP contribution in [0.25, 0.3) is 28.0 Å². The number of aromatic amines is 2. The largest absolute Gasteiger partial charge is 0.450 e. The van der Waals surface area contributed by atoms with Crippen molar-refractivity contribution in [1.29, 1.82) is 5.26 Å². The SMILES string of the molecule is N#C/C(=C/c1ccc(Sc2nc3ccccc3[nH]2)o1)C(=O)NCCc1c[nH]c2ccccc12. The van der Waals surface area contributed by atoms with Crippen molar-refractivity contribution >= 4 is 45.7 Å². The van der Waals surface area contributed by atoms with E-state index in [0.717, 1.165) is 27.5 Å². The molecule has 3 heterocycles. The number of para-hydroxylation sites is 3. The van der Waals surface area contributed by atoms with Crippen LogP contribution >= 0.6 is 11.8 Å². The lowest BCUT2D eigenvalue weighted by Gasteiger charge is -2.03. The number of nitrogens with one attached hydrogen (secondary N) is 3. The number of nitriles is 1. The molecule has 0 saturated heterocycles. The Morgan fingerprint density at radius 3 is 2.79 bits per heavy atom. The molecule has 8 heteroatoms. The zero-order valence-corrected chi connectivity index (χ0v) is 18.3. The van der Waals surface area contributed by atoms with E-state index >= 15 is 0 Å². The third-order valence-corrected chi connectivity index (χ3v) is 5.98. The number of benzene rings is 2. The maximum absolute atomic E-state index is 12.5. The molecule has 5 aromatic rings. The highest BCUT2D eigenvalue weighted by Gasteiger charge is 2.12. The van der Waals surface area contributed by atoms with Crippen LogP contribution in [-0.2, 0) is 11.2 Å². The second-order valence-corrected chi connectivity index (χ2v) is 8.35. The van der Waals surface area contributed by atoms with Crippen molar-refractivity contribution in [3.63, 3.8) is 0 Å². The zero-order chi connectivity index (χ0) is 22.6. The van der Waals surface area contributed by atoms with Gasteiger partial charge in [-0.2, -0.15) is 5.26 Å².